The first-order chi connectivity index (χ1) is 9.11. The van der Waals surface area contributed by atoms with Crippen LogP contribution in [0.15, 0.2) is 15.9 Å². The minimum atomic E-state index is 0.114. The second kappa shape index (κ2) is 6.83. The molecule has 0 spiro atoms. The van der Waals surface area contributed by atoms with Gasteiger partial charge in [-0.15, -0.1) is 11.3 Å². The molecule has 1 fully saturated rings. The van der Waals surface area contributed by atoms with Crippen LogP contribution in [-0.4, -0.2) is 48.9 Å². The van der Waals surface area contributed by atoms with Crippen LogP contribution in [0, 0.1) is 0 Å². The van der Waals surface area contributed by atoms with Gasteiger partial charge in [0, 0.05) is 34.4 Å². The van der Waals surface area contributed by atoms with Crippen molar-refractivity contribution in [3.8, 4) is 0 Å². The van der Waals surface area contributed by atoms with E-state index in [0.717, 1.165) is 30.4 Å². The van der Waals surface area contributed by atoms with E-state index in [1.807, 2.05) is 17.3 Å². The molecule has 1 aromatic heterocycles. The Bertz CT molecular complexity index is 431. The maximum atomic E-state index is 12.2. The molecule has 0 bridgehead atoms. The van der Waals surface area contributed by atoms with Crippen molar-refractivity contribution >= 4 is 33.2 Å². The Morgan fingerprint density at radius 3 is 2.79 bits per heavy atom. The van der Waals surface area contributed by atoms with Crippen LogP contribution in [0.5, 0.6) is 0 Å². The molecule has 1 saturated heterocycles. The van der Waals surface area contributed by atoms with Gasteiger partial charge in [0.05, 0.1) is 12.6 Å². The summed E-state index contributed by atoms with van der Waals surface area (Å²) in [5.74, 6) is 0.217. The summed E-state index contributed by atoms with van der Waals surface area (Å²) in [5.41, 5.74) is 5.87. The summed E-state index contributed by atoms with van der Waals surface area (Å²) in [4.78, 5) is 17.4. The van der Waals surface area contributed by atoms with Crippen molar-refractivity contribution in [2.45, 2.75) is 18.9 Å². The number of likely N-dealkylation sites (tertiary alicyclic amines) is 1. The fourth-order valence-corrected chi connectivity index (χ4v) is 4.03. The minimum absolute atomic E-state index is 0.114. The van der Waals surface area contributed by atoms with Gasteiger partial charge in [0.1, 0.15) is 0 Å². The molecule has 0 aliphatic carbocycles. The molecule has 1 aromatic rings. The Labute approximate surface area is 126 Å². The molecular weight excluding hydrogens is 326 g/mol. The summed E-state index contributed by atoms with van der Waals surface area (Å²) in [6.07, 6.45) is 2.27. The zero-order chi connectivity index (χ0) is 13.8. The molecule has 0 radical (unpaired) electrons. The van der Waals surface area contributed by atoms with E-state index in [1.54, 1.807) is 11.3 Å². The van der Waals surface area contributed by atoms with E-state index in [2.05, 4.69) is 26.9 Å². The Morgan fingerprint density at radius 2 is 2.26 bits per heavy atom. The van der Waals surface area contributed by atoms with Crippen LogP contribution < -0.4 is 5.73 Å². The van der Waals surface area contributed by atoms with Gasteiger partial charge >= 0.3 is 0 Å². The number of hydrogen-bond acceptors (Lipinski definition) is 4. The molecule has 4 nitrogen and oxygen atoms in total. The number of carbonyl (C=O) groups excluding carboxylic acids is 1. The van der Waals surface area contributed by atoms with Crippen LogP contribution in [-0.2, 0) is 4.79 Å². The number of nitrogens with two attached hydrogens (primary N) is 1. The van der Waals surface area contributed by atoms with Crippen molar-refractivity contribution in [1.82, 2.24) is 9.80 Å². The number of carbonyl (C=O) groups is 1. The van der Waals surface area contributed by atoms with Crippen LogP contribution in [0.2, 0.25) is 0 Å². The maximum Gasteiger partial charge on any atom is 0.236 e. The van der Waals surface area contributed by atoms with Gasteiger partial charge in [-0.3, -0.25) is 9.69 Å². The monoisotopic (exact) mass is 345 g/mol. The highest BCUT2D eigenvalue weighted by molar-refractivity contribution is 9.10. The zero-order valence-electron chi connectivity index (χ0n) is 11.1. The number of rotatable bonds is 5. The van der Waals surface area contributed by atoms with Gasteiger partial charge in [-0.25, -0.2) is 0 Å². The van der Waals surface area contributed by atoms with Crippen LogP contribution >= 0.6 is 27.3 Å². The van der Waals surface area contributed by atoms with E-state index in [-0.39, 0.29) is 11.9 Å². The smallest absolute Gasteiger partial charge is 0.236 e. The summed E-state index contributed by atoms with van der Waals surface area (Å²) in [5, 5.41) is 2.05. The van der Waals surface area contributed by atoms with Gasteiger partial charge < -0.3 is 10.6 Å². The Kier molecular flexibility index (Phi) is 5.38. The van der Waals surface area contributed by atoms with Crippen molar-refractivity contribution in [3.05, 3.63) is 20.8 Å². The fraction of sp³-hybridized carbons (Fsp3) is 0.615. The van der Waals surface area contributed by atoms with Crippen molar-refractivity contribution in [1.29, 1.82) is 0 Å². The summed E-state index contributed by atoms with van der Waals surface area (Å²) < 4.78 is 1.07. The highest BCUT2D eigenvalue weighted by Gasteiger charge is 2.23. The Morgan fingerprint density at radius 1 is 1.58 bits per heavy atom. The second-order valence-corrected chi connectivity index (χ2v) is 6.78. The van der Waals surface area contributed by atoms with Crippen molar-refractivity contribution < 1.29 is 4.79 Å². The van der Waals surface area contributed by atoms with Crippen molar-refractivity contribution in [2.75, 3.05) is 33.2 Å². The van der Waals surface area contributed by atoms with E-state index in [9.17, 15) is 4.79 Å². The average molecular weight is 346 g/mol. The molecule has 2 heterocycles. The van der Waals surface area contributed by atoms with Crippen molar-refractivity contribution in [2.24, 2.45) is 5.73 Å². The second-order valence-electron chi connectivity index (χ2n) is 4.92. The van der Waals surface area contributed by atoms with E-state index in [4.69, 9.17) is 5.73 Å². The molecule has 1 amide bonds. The number of likely N-dealkylation sites (N-methyl/N-ethyl adjacent to an activating group) is 1. The van der Waals surface area contributed by atoms with Crippen LogP contribution in [0.25, 0.3) is 0 Å². The number of hydrogen-bond donors (Lipinski definition) is 1. The molecule has 2 rings (SSSR count). The number of amides is 1. The van der Waals surface area contributed by atoms with E-state index < -0.39 is 0 Å². The van der Waals surface area contributed by atoms with Gasteiger partial charge in [-0.05, 0) is 41.9 Å². The Balaban J connectivity index is 1.96. The number of nitrogens with zero attached hydrogens (tertiary/aromatic N) is 2. The average Bonchev–Trinajstić information content (AvgIpc) is 3.01. The third-order valence-corrected chi connectivity index (χ3v) is 5.31. The summed E-state index contributed by atoms with van der Waals surface area (Å²) in [7, 11) is 1.97. The maximum absolute atomic E-state index is 12.2. The van der Waals surface area contributed by atoms with E-state index in [1.165, 1.54) is 4.88 Å². The summed E-state index contributed by atoms with van der Waals surface area (Å²) >= 11 is 5.14. The molecule has 1 aliphatic rings. The lowest BCUT2D eigenvalue weighted by atomic mass is 10.2. The molecule has 6 heteroatoms. The quantitative estimate of drug-likeness (QED) is 0.888. The number of halogens is 1. The molecule has 0 saturated carbocycles. The van der Waals surface area contributed by atoms with Gasteiger partial charge in [0.2, 0.25) is 5.91 Å². The fourth-order valence-electron chi connectivity index (χ4n) is 2.41. The molecule has 106 valence electrons. The highest BCUT2D eigenvalue weighted by Crippen LogP contribution is 2.28. The molecular formula is C13H20BrN3OS. The summed E-state index contributed by atoms with van der Waals surface area (Å²) in [6, 6.07) is 2.20. The van der Waals surface area contributed by atoms with Gasteiger partial charge in [0.25, 0.3) is 0 Å². The van der Waals surface area contributed by atoms with E-state index in [0.29, 0.717) is 13.1 Å². The SMILES string of the molecule is CN(CC(=O)N1CCCC1)C(CN)c1cc(Br)cs1. The predicted molar refractivity (Wildman–Crippen MR) is 82.3 cm³/mol. The molecule has 1 atom stereocenters. The first-order valence-electron chi connectivity index (χ1n) is 6.54. The van der Waals surface area contributed by atoms with Crippen molar-refractivity contribution in [3.63, 3.8) is 0 Å². The predicted octanol–water partition coefficient (Wildman–Crippen LogP) is 2.06. The summed E-state index contributed by atoms with van der Waals surface area (Å²) in [6.45, 7) is 2.78. The Hall–Kier alpha value is -0.430. The standard InChI is InChI=1S/C13H20BrN3OS/c1-16(8-13(18)17-4-2-3-5-17)11(7-15)12-6-10(14)9-19-12/h6,9,11H,2-5,7-8,15H2,1H3. The highest BCUT2D eigenvalue weighted by atomic mass is 79.9. The van der Waals surface area contributed by atoms with Crippen LogP contribution in [0.3, 0.4) is 0 Å². The van der Waals surface area contributed by atoms with Crippen LogP contribution in [0.1, 0.15) is 23.8 Å². The lowest BCUT2D eigenvalue weighted by Gasteiger charge is -2.27. The first kappa shape index (κ1) is 15.0. The van der Waals surface area contributed by atoms with Gasteiger partial charge in [-0.2, -0.15) is 0 Å². The normalized spacial score (nSPS) is 17.2. The molecule has 1 aliphatic heterocycles. The lowest BCUT2D eigenvalue weighted by Crippen LogP contribution is -2.40. The minimum Gasteiger partial charge on any atom is -0.342 e. The van der Waals surface area contributed by atoms with Crippen LogP contribution in [0.4, 0.5) is 0 Å². The number of thiophene rings is 1. The zero-order valence-corrected chi connectivity index (χ0v) is 13.5. The third-order valence-electron chi connectivity index (χ3n) is 3.51. The van der Waals surface area contributed by atoms with Gasteiger partial charge in [0.15, 0.2) is 0 Å². The lowest BCUT2D eigenvalue weighted by molar-refractivity contribution is -0.131. The molecule has 2 N–H and O–H groups in total. The topological polar surface area (TPSA) is 49.6 Å². The third kappa shape index (κ3) is 3.78. The largest absolute Gasteiger partial charge is 0.342 e. The molecule has 19 heavy (non-hydrogen) atoms. The molecule has 1 unspecified atom stereocenters. The van der Waals surface area contributed by atoms with Gasteiger partial charge in [-0.1, -0.05) is 0 Å². The van der Waals surface area contributed by atoms with E-state index >= 15 is 0 Å². The first-order valence-corrected chi connectivity index (χ1v) is 8.21. The molecule has 0 aromatic carbocycles.